The lowest BCUT2D eigenvalue weighted by Gasteiger charge is -2.10. The first-order valence-electron chi connectivity index (χ1n) is 7.63. The molecule has 0 unspecified atom stereocenters. The summed E-state index contributed by atoms with van der Waals surface area (Å²) in [4.78, 5) is 4.63. The van der Waals surface area contributed by atoms with E-state index < -0.39 is 0 Å². The Kier molecular flexibility index (Phi) is 4.69. The van der Waals surface area contributed by atoms with E-state index in [1.165, 1.54) is 5.56 Å². The third-order valence-electron chi connectivity index (χ3n) is 3.48. The lowest BCUT2D eigenvalue weighted by Crippen LogP contribution is -2.10. The van der Waals surface area contributed by atoms with Gasteiger partial charge in [0.2, 0.25) is 5.90 Å². The Labute approximate surface area is 141 Å². The molecule has 0 aliphatic heterocycles. The van der Waals surface area contributed by atoms with Crippen LogP contribution in [0.25, 0.3) is 0 Å². The van der Waals surface area contributed by atoms with Crippen molar-refractivity contribution in [3.05, 3.63) is 95.6 Å². The lowest BCUT2D eigenvalue weighted by molar-refractivity contribution is 0.553. The molecule has 116 valence electrons. The van der Waals surface area contributed by atoms with Crippen LogP contribution in [-0.4, -0.2) is 5.90 Å². The van der Waals surface area contributed by atoms with Gasteiger partial charge in [-0.15, -0.1) is 0 Å². The Morgan fingerprint density at radius 2 is 1.54 bits per heavy atom. The van der Waals surface area contributed by atoms with Crippen LogP contribution in [-0.2, 0) is 0 Å². The zero-order valence-corrected chi connectivity index (χ0v) is 13.3. The monoisotopic (exact) mass is 312 g/mol. The van der Waals surface area contributed by atoms with Gasteiger partial charge in [-0.1, -0.05) is 35.9 Å². The number of hydrogen-bond donors (Lipinski definition) is 0. The van der Waals surface area contributed by atoms with Crippen molar-refractivity contribution < 1.29 is 4.74 Å². The van der Waals surface area contributed by atoms with Gasteiger partial charge >= 0.3 is 0 Å². The second kappa shape index (κ2) is 7.26. The molecule has 3 aromatic rings. The van der Waals surface area contributed by atoms with Gasteiger partial charge in [0.1, 0.15) is 5.75 Å². The quantitative estimate of drug-likeness (QED) is 0.503. The van der Waals surface area contributed by atoms with Crippen LogP contribution in [0.5, 0.6) is 5.75 Å². The molecule has 0 aromatic heterocycles. The molecular formula is C21H16N2O. The predicted octanol–water partition coefficient (Wildman–Crippen LogP) is 5.02. The molecule has 0 radical (unpaired) electrons. The fourth-order valence-corrected chi connectivity index (χ4v) is 2.17. The summed E-state index contributed by atoms with van der Waals surface area (Å²) < 4.78 is 5.98. The minimum Gasteiger partial charge on any atom is -0.438 e. The topological polar surface area (TPSA) is 45.4 Å². The predicted molar refractivity (Wildman–Crippen MR) is 95.6 cm³/mol. The van der Waals surface area contributed by atoms with E-state index in [-0.39, 0.29) is 0 Å². The van der Waals surface area contributed by atoms with Gasteiger partial charge in [0.25, 0.3) is 0 Å². The number of para-hydroxylation sites is 1. The van der Waals surface area contributed by atoms with Crippen molar-refractivity contribution >= 4 is 11.6 Å². The van der Waals surface area contributed by atoms with Crippen LogP contribution in [0.1, 0.15) is 16.7 Å². The summed E-state index contributed by atoms with van der Waals surface area (Å²) in [7, 11) is 0. The van der Waals surface area contributed by atoms with Crippen LogP contribution in [0.3, 0.4) is 0 Å². The summed E-state index contributed by atoms with van der Waals surface area (Å²) in [6, 6.07) is 26.8. The van der Waals surface area contributed by atoms with Crippen LogP contribution < -0.4 is 4.74 Å². The zero-order chi connectivity index (χ0) is 16.8. The van der Waals surface area contributed by atoms with Crippen molar-refractivity contribution in [1.82, 2.24) is 0 Å². The number of aliphatic imine (C=N–C) groups is 1. The highest BCUT2D eigenvalue weighted by molar-refractivity contribution is 5.97. The van der Waals surface area contributed by atoms with Crippen molar-refractivity contribution in [3.8, 4) is 11.8 Å². The standard InChI is InChI=1S/C21H16N2O/c1-16-7-11-18(12-8-16)21(23-19-5-3-2-4-6-19)24-20-13-9-17(15-22)10-14-20/h2-14H,1H3. The van der Waals surface area contributed by atoms with Gasteiger partial charge in [-0.3, -0.25) is 0 Å². The molecule has 0 spiro atoms. The van der Waals surface area contributed by atoms with Crippen molar-refractivity contribution in [3.63, 3.8) is 0 Å². The lowest BCUT2D eigenvalue weighted by atomic mass is 10.1. The van der Waals surface area contributed by atoms with Gasteiger partial charge in [0.15, 0.2) is 0 Å². The molecule has 0 fully saturated rings. The largest absolute Gasteiger partial charge is 0.438 e. The SMILES string of the molecule is Cc1ccc(C(=Nc2ccccc2)Oc2ccc(C#N)cc2)cc1. The van der Waals surface area contributed by atoms with E-state index in [0.29, 0.717) is 17.2 Å². The third kappa shape index (κ3) is 3.88. The number of nitriles is 1. The zero-order valence-electron chi connectivity index (χ0n) is 13.3. The van der Waals surface area contributed by atoms with E-state index in [0.717, 1.165) is 11.3 Å². The maximum atomic E-state index is 8.89. The van der Waals surface area contributed by atoms with Crippen LogP contribution in [0.15, 0.2) is 83.9 Å². The second-order valence-corrected chi connectivity index (χ2v) is 5.36. The molecule has 0 aliphatic carbocycles. The van der Waals surface area contributed by atoms with Crippen molar-refractivity contribution in [2.45, 2.75) is 6.92 Å². The van der Waals surface area contributed by atoms with Crippen LogP contribution >= 0.6 is 0 Å². The van der Waals surface area contributed by atoms with E-state index in [2.05, 4.69) is 11.1 Å². The molecule has 0 aliphatic rings. The van der Waals surface area contributed by atoms with Gasteiger partial charge in [-0.05, 0) is 55.5 Å². The number of nitrogens with zero attached hydrogens (tertiary/aromatic N) is 2. The number of benzene rings is 3. The maximum absolute atomic E-state index is 8.89. The smallest absolute Gasteiger partial charge is 0.227 e. The Balaban J connectivity index is 1.96. The van der Waals surface area contributed by atoms with Crippen LogP contribution in [0, 0.1) is 18.3 Å². The average molecular weight is 312 g/mol. The first-order chi connectivity index (χ1) is 11.7. The average Bonchev–Trinajstić information content (AvgIpc) is 2.63. The Morgan fingerprint density at radius 1 is 0.875 bits per heavy atom. The van der Waals surface area contributed by atoms with Gasteiger partial charge in [-0.2, -0.15) is 5.26 Å². The van der Waals surface area contributed by atoms with Crippen molar-refractivity contribution in [2.24, 2.45) is 4.99 Å². The molecule has 3 rings (SSSR count). The summed E-state index contributed by atoms with van der Waals surface area (Å²) in [6.07, 6.45) is 0. The molecule has 0 saturated heterocycles. The molecule has 24 heavy (non-hydrogen) atoms. The summed E-state index contributed by atoms with van der Waals surface area (Å²) >= 11 is 0. The van der Waals surface area contributed by atoms with Gasteiger partial charge in [0.05, 0.1) is 17.3 Å². The van der Waals surface area contributed by atoms with Gasteiger partial charge in [-0.25, -0.2) is 4.99 Å². The molecule has 0 bridgehead atoms. The number of hydrogen-bond acceptors (Lipinski definition) is 3. The Bertz CT molecular complexity index is 874. The molecule has 3 aromatic carbocycles. The normalized spacial score (nSPS) is 10.9. The maximum Gasteiger partial charge on any atom is 0.227 e. The minimum atomic E-state index is 0.519. The molecule has 0 N–H and O–H groups in total. The highest BCUT2D eigenvalue weighted by Gasteiger charge is 2.07. The van der Waals surface area contributed by atoms with Crippen molar-refractivity contribution in [2.75, 3.05) is 0 Å². The first kappa shape index (κ1) is 15.5. The number of ether oxygens (including phenoxy) is 1. The van der Waals surface area contributed by atoms with E-state index in [4.69, 9.17) is 10.00 Å². The van der Waals surface area contributed by atoms with E-state index in [9.17, 15) is 0 Å². The Hall–Kier alpha value is -3.38. The summed E-state index contributed by atoms with van der Waals surface area (Å²) in [5.74, 6) is 1.16. The van der Waals surface area contributed by atoms with Crippen molar-refractivity contribution in [1.29, 1.82) is 5.26 Å². The molecule has 3 nitrogen and oxygen atoms in total. The molecule has 0 saturated carbocycles. The fraction of sp³-hybridized carbons (Fsp3) is 0.0476. The van der Waals surface area contributed by atoms with E-state index >= 15 is 0 Å². The van der Waals surface area contributed by atoms with E-state index in [1.54, 1.807) is 24.3 Å². The molecule has 0 heterocycles. The number of aryl methyl sites for hydroxylation is 1. The fourth-order valence-electron chi connectivity index (χ4n) is 2.17. The highest BCUT2D eigenvalue weighted by atomic mass is 16.5. The molecular weight excluding hydrogens is 296 g/mol. The summed E-state index contributed by atoms with van der Waals surface area (Å²) in [5.41, 5.74) is 3.49. The molecule has 0 amide bonds. The second-order valence-electron chi connectivity index (χ2n) is 5.36. The van der Waals surface area contributed by atoms with E-state index in [1.807, 2.05) is 61.5 Å². The summed E-state index contributed by atoms with van der Waals surface area (Å²) in [6.45, 7) is 2.04. The van der Waals surface area contributed by atoms with Crippen LogP contribution in [0.2, 0.25) is 0 Å². The Morgan fingerprint density at radius 3 is 2.17 bits per heavy atom. The van der Waals surface area contributed by atoms with Gasteiger partial charge in [0, 0.05) is 5.56 Å². The van der Waals surface area contributed by atoms with Gasteiger partial charge < -0.3 is 4.74 Å². The first-order valence-corrected chi connectivity index (χ1v) is 7.63. The third-order valence-corrected chi connectivity index (χ3v) is 3.48. The minimum absolute atomic E-state index is 0.519. The van der Waals surface area contributed by atoms with Crippen LogP contribution in [0.4, 0.5) is 5.69 Å². The number of rotatable bonds is 3. The highest BCUT2D eigenvalue weighted by Crippen LogP contribution is 2.18. The molecule has 0 atom stereocenters. The molecule has 3 heteroatoms. The summed E-state index contributed by atoms with van der Waals surface area (Å²) in [5, 5.41) is 8.89.